The normalized spacial score (nSPS) is 10.3. The number of hydrogen-bond donors (Lipinski definition) is 0. The molecule has 0 radical (unpaired) electrons. The van der Waals surface area contributed by atoms with Crippen molar-refractivity contribution in [3.05, 3.63) is 33.4 Å². The van der Waals surface area contributed by atoms with Gasteiger partial charge in [-0.25, -0.2) is 0 Å². The van der Waals surface area contributed by atoms with Crippen molar-refractivity contribution >= 4 is 28.4 Å². The summed E-state index contributed by atoms with van der Waals surface area (Å²) in [6.07, 6.45) is 0. The summed E-state index contributed by atoms with van der Waals surface area (Å²) >= 11 is 2.19. The maximum Gasteiger partial charge on any atom is 0.166 e. The molecule has 1 rings (SSSR count). The molecule has 0 saturated carbocycles. The lowest BCUT2D eigenvalue weighted by Crippen LogP contribution is -2.08. The summed E-state index contributed by atoms with van der Waals surface area (Å²) in [5, 5.41) is 0. The van der Waals surface area contributed by atoms with Crippen LogP contribution in [-0.4, -0.2) is 5.78 Å². The summed E-state index contributed by atoms with van der Waals surface area (Å²) in [6.45, 7) is 3.84. The van der Waals surface area contributed by atoms with Crippen LogP contribution in [0.2, 0.25) is 0 Å². The van der Waals surface area contributed by atoms with Gasteiger partial charge in [0.25, 0.3) is 0 Å². The zero-order valence-electron chi connectivity index (χ0n) is 7.17. The summed E-state index contributed by atoms with van der Waals surface area (Å²) in [5.41, 5.74) is 0.841. The van der Waals surface area contributed by atoms with E-state index in [2.05, 4.69) is 22.6 Å². The third-order valence-corrected chi connectivity index (χ3v) is 2.60. The van der Waals surface area contributed by atoms with Gasteiger partial charge in [-0.15, -0.1) is 0 Å². The van der Waals surface area contributed by atoms with Gasteiger partial charge in [-0.3, -0.25) is 4.79 Å². The maximum absolute atomic E-state index is 11.6. The summed E-state index contributed by atoms with van der Waals surface area (Å²) in [4.78, 5) is 11.6. The fraction of sp³-hybridized carbons (Fsp3) is 0.300. The quantitative estimate of drug-likeness (QED) is 0.600. The van der Waals surface area contributed by atoms with E-state index in [1.807, 2.05) is 38.1 Å². The SMILES string of the molecule is CC(C)C(=O)c1ccccc1[131I]. The van der Waals surface area contributed by atoms with Crippen LogP contribution >= 0.6 is 22.6 Å². The number of hydrogen-bond acceptors (Lipinski definition) is 1. The van der Waals surface area contributed by atoms with Crippen LogP contribution in [0.25, 0.3) is 0 Å². The third kappa shape index (κ3) is 2.06. The second-order valence-electron chi connectivity index (χ2n) is 3.00. The Labute approximate surface area is 86.3 Å². The van der Waals surface area contributed by atoms with Crippen LogP contribution in [0.5, 0.6) is 0 Å². The van der Waals surface area contributed by atoms with E-state index >= 15 is 0 Å². The number of Topliss-reactive ketones (excluding diaryl/α,β-unsaturated/α-hetero) is 1. The Hall–Kier alpha value is -0.380. The van der Waals surface area contributed by atoms with Gasteiger partial charge in [-0.1, -0.05) is 32.0 Å². The zero-order valence-corrected chi connectivity index (χ0v) is 9.33. The topological polar surface area (TPSA) is 17.1 Å². The lowest BCUT2D eigenvalue weighted by Gasteiger charge is -2.05. The van der Waals surface area contributed by atoms with Crippen LogP contribution in [0.4, 0.5) is 0 Å². The van der Waals surface area contributed by atoms with Crippen molar-refractivity contribution < 1.29 is 4.79 Å². The molecular formula is C10H11IO. The zero-order chi connectivity index (χ0) is 9.14. The Morgan fingerprint density at radius 3 is 2.42 bits per heavy atom. The first-order valence-electron chi connectivity index (χ1n) is 3.91. The predicted octanol–water partition coefficient (Wildman–Crippen LogP) is 3.13. The average Bonchev–Trinajstić information content (AvgIpc) is 2.04. The molecule has 0 N–H and O–H groups in total. The van der Waals surface area contributed by atoms with Gasteiger partial charge in [0.1, 0.15) is 0 Å². The highest BCUT2D eigenvalue weighted by Gasteiger charge is 2.12. The van der Waals surface area contributed by atoms with E-state index in [0.717, 1.165) is 9.13 Å². The lowest BCUT2D eigenvalue weighted by molar-refractivity contribution is 0.0938. The molecule has 0 saturated heterocycles. The van der Waals surface area contributed by atoms with Crippen LogP contribution in [0.1, 0.15) is 24.2 Å². The van der Waals surface area contributed by atoms with Crippen molar-refractivity contribution in [1.82, 2.24) is 0 Å². The minimum atomic E-state index is 0.0842. The van der Waals surface area contributed by atoms with Crippen molar-refractivity contribution in [2.75, 3.05) is 0 Å². The molecule has 1 aromatic rings. The van der Waals surface area contributed by atoms with Crippen LogP contribution in [-0.2, 0) is 0 Å². The summed E-state index contributed by atoms with van der Waals surface area (Å²) in [6, 6.07) is 7.68. The largest absolute Gasteiger partial charge is 0.294 e. The van der Waals surface area contributed by atoms with Gasteiger partial charge in [0.05, 0.1) is 0 Å². The minimum absolute atomic E-state index is 0.0842. The lowest BCUT2D eigenvalue weighted by atomic mass is 10.0. The van der Waals surface area contributed by atoms with E-state index in [4.69, 9.17) is 0 Å². The van der Waals surface area contributed by atoms with E-state index in [1.54, 1.807) is 0 Å². The Bertz CT molecular complexity index is 292. The van der Waals surface area contributed by atoms with Gasteiger partial charge in [0, 0.05) is 15.1 Å². The van der Waals surface area contributed by atoms with Gasteiger partial charge in [0.2, 0.25) is 0 Å². The predicted molar refractivity (Wildman–Crippen MR) is 58.3 cm³/mol. The molecule has 0 amide bonds. The van der Waals surface area contributed by atoms with Gasteiger partial charge < -0.3 is 0 Å². The van der Waals surface area contributed by atoms with Crippen molar-refractivity contribution in [3.63, 3.8) is 0 Å². The van der Waals surface area contributed by atoms with Crippen LogP contribution < -0.4 is 0 Å². The molecule has 0 aromatic heterocycles. The minimum Gasteiger partial charge on any atom is -0.294 e. The second kappa shape index (κ2) is 4.03. The van der Waals surface area contributed by atoms with Crippen LogP contribution in [0, 0.1) is 9.49 Å². The Kier molecular flexibility index (Phi) is 3.26. The molecule has 64 valence electrons. The monoisotopic (exact) mass is 278 g/mol. The molecule has 12 heavy (non-hydrogen) atoms. The highest BCUT2D eigenvalue weighted by atomic mass is 131. The number of carbonyl (C=O) groups is 1. The molecule has 2 heteroatoms. The molecule has 0 spiro atoms. The second-order valence-corrected chi connectivity index (χ2v) is 4.16. The number of benzene rings is 1. The maximum atomic E-state index is 11.6. The van der Waals surface area contributed by atoms with Gasteiger partial charge in [-0.05, 0) is 28.7 Å². The average molecular weight is 278 g/mol. The summed E-state index contributed by atoms with van der Waals surface area (Å²) in [7, 11) is 0. The molecule has 0 fully saturated rings. The molecule has 0 aliphatic carbocycles. The van der Waals surface area contributed by atoms with Gasteiger partial charge >= 0.3 is 0 Å². The standard InChI is InChI=1S/C10H11IO/c1-7(2)10(12)8-5-3-4-6-9(8)11/h3-7H,1-2H3/i11+4. The molecule has 0 aliphatic heterocycles. The van der Waals surface area contributed by atoms with E-state index in [0.29, 0.717) is 0 Å². The Morgan fingerprint density at radius 2 is 1.92 bits per heavy atom. The number of rotatable bonds is 2. The fourth-order valence-electron chi connectivity index (χ4n) is 0.972. The molecule has 0 unspecified atom stereocenters. The van der Waals surface area contributed by atoms with Crippen molar-refractivity contribution in [2.24, 2.45) is 5.92 Å². The highest BCUT2D eigenvalue weighted by Crippen LogP contribution is 2.15. The summed E-state index contributed by atoms with van der Waals surface area (Å²) in [5.74, 6) is 0.306. The molecule has 0 atom stereocenters. The smallest absolute Gasteiger partial charge is 0.166 e. The first-order valence-corrected chi connectivity index (χ1v) is 4.99. The highest BCUT2D eigenvalue weighted by molar-refractivity contribution is 14.1. The van der Waals surface area contributed by atoms with Gasteiger partial charge in [-0.2, -0.15) is 0 Å². The van der Waals surface area contributed by atoms with Crippen LogP contribution in [0.15, 0.2) is 24.3 Å². The number of halogens is 1. The Morgan fingerprint density at radius 1 is 1.33 bits per heavy atom. The van der Waals surface area contributed by atoms with E-state index < -0.39 is 0 Å². The summed E-state index contributed by atoms with van der Waals surface area (Å²) < 4.78 is 1.04. The molecule has 1 nitrogen and oxygen atoms in total. The molecule has 0 heterocycles. The number of carbonyl (C=O) groups excluding carboxylic acids is 1. The molecule has 1 aromatic carbocycles. The van der Waals surface area contributed by atoms with Crippen molar-refractivity contribution in [2.45, 2.75) is 13.8 Å². The van der Waals surface area contributed by atoms with Crippen molar-refractivity contribution in [1.29, 1.82) is 0 Å². The van der Waals surface area contributed by atoms with E-state index in [9.17, 15) is 4.79 Å². The van der Waals surface area contributed by atoms with E-state index in [-0.39, 0.29) is 11.7 Å². The fourth-order valence-corrected chi connectivity index (χ4v) is 1.63. The van der Waals surface area contributed by atoms with E-state index in [1.165, 1.54) is 0 Å². The molecular weight excluding hydrogens is 267 g/mol. The first kappa shape index (κ1) is 9.71. The van der Waals surface area contributed by atoms with Gasteiger partial charge in [0.15, 0.2) is 5.78 Å². The van der Waals surface area contributed by atoms with Crippen molar-refractivity contribution in [3.8, 4) is 0 Å². The molecule has 0 bridgehead atoms. The first-order chi connectivity index (χ1) is 5.63. The molecule has 0 aliphatic rings. The number of ketones is 1. The Balaban J connectivity index is 3.03. The third-order valence-electron chi connectivity index (χ3n) is 1.66. The van der Waals surface area contributed by atoms with Crippen LogP contribution in [0.3, 0.4) is 0 Å².